The number of aryl methyl sites for hydroxylation is 1. The topological polar surface area (TPSA) is 79.3 Å². The van der Waals surface area contributed by atoms with Gasteiger partial charge in [0.2, 0.25) is 5.91 Å². The highest BCUT2D eigenvalue weighted by molar-refractivity contribution is 5.96. The van der Waals surface area contributed by atoms with E-state index in [0.717, 1.165) is 29.8 Å². The zero-order valence-electron chi connectivity index (χ0n) is 23.3. The van der Waals surface area contributed by atoms with Crippen LogP contribution in [0, 0.1) is 6.92 Å². The van der Waals surface area contributed by atoms with Gasteiger partial charge in [-0.3, -0.25) is 4.79 Å². The normalized spacial score (nSPS) is 11.5. The number of amides is 3. The van der Waals surface area contributed by atoms with Crippen molar-refractivity contribution in [3.63, 3.8) is 0 Å². The van der Waals surface area contributed by atoms with Gasteiger partial charge in [-0.05, 0) is 49.1 Å². The van der Waals surface area contributed by atoms with Gasteiger partial charge in [0.05, 0.1) is 11.4 Å². The summed E-state index contributed by atoms with van der Waals surface area (Å²) in [6.07, 6.45) is 1.73. The van der Waals surface area contributed by atoms with Gasteiger partial charge in [0, 0.05) is 23.7 Å². The molecule has 7 nitrogen and oxygen atoms in total. The van der Waals surface area contributed by atoms with Gasteiger partial charge in [0.25, 0.3) is 0 Å². The third-order valence-electron chi connectivity index (χ3n) is 6.26. The van der Waals surface area contributed by atoms with Crippen molar-refractivity contribution in [3.8, 4) is 5.69 Å². The molecule has 0 unspecified atom stereocenters. The van der Waals surface area contributed by atoms with Crippen molar-refractivity contribution in [2.45, 2.75) is 72.6 Å². The number of carbonyl (C=O) groups is 2. The van der Waals surface area contributed by atoms with Crippen molar-refractivity contribution >= 4 is 23.4 Å². The Morgan fingerprint density at radius 2 is 1.65 bits per heavy atom. The molecule has 0 aliphatic rings. The summed E-state index contributed by atoms with van der Waals surface area (Å²) in [5.41, 5.74) is 4.61. The highest BCUT2D eigenvalue weighted by Gasteiger charge is 2.23. The number of hydrogen-bond donors (Lipinski definition) is 2. The number of urea groups is 1. The predicted molar refractivity (Wildman–Crippen MR) is 152 cm³/mol. The molecule has 7 heteroatoms. The minimum absolute atomic E-state index is 0.0557. The smallest absolute Gasteiger partial charge is 0.315 e. The molecular weight excluding hydrogens is 462 g/mol. The third-order valence-corrected chi connectivity index (χ3v) is 6.26. The first-order valence-electron chi connectivity index (χ1n) is 13.1. The number of nitrogens with zero attached hydrogens (tertiary/aromatic N) is 3. The quantitative estimate of drug-likeness (QED) is 0.334. The molecule has 0 aliphatic carbocycles. The molecule has 2 N–H and O–H groups in total. The molecule has 0 spiro atoms. The van der Waals surface area contributed by atoms with Gasteiger partial charge in [0.1, 0.15) is 12.4 Å². The fraction of sp³-hybridized carbons (Fsp3) is 0.433. The summed E-state index contributed by atoms with van der Waals surface area (Å²) >= 11 is 0. The van der Waals surface area contributed by atoms with Crippen molar-refractivity contribution in [2.75, 3.05) is 23.7 Å². The van der Waals surface area contributed by atoms with Gasteiger partial charge in [-0.25, -0.2) is 9.48 Å². The Hall–Kier alpha value is -3.61. The zero-order valence-corrected chi connectivity index (χ0v) is 23.3. The van der Waals surface area contributed by atoms with E-state index in [1.54, 1.807) is 9.58 Å². The first kappa shape index (κ1) is 28.0. The van der Waals surface area contributed by atoms with Crippen molar-refractivity contribution in [2.24, 2.45) is 0 Å². The van der Waals surface area contributed by atoms with E-state index in [0.29, 0.717) is 24.0 Å². The van der Waals surface area contributed by atoms with Gasteiger partial charge in [0.15, 0.2) is 0 Å². The van der Waals surface area contributed by atoms with E-state index in [9.17, 15) is 9.59 Å². The van der Waals surface area contributed by atoms with Crippen LogP contribution < -0.4 is 10.6 Å². The summed E-state index contributed by atoms with van der Waals surface area (Å²) < 4.78 is 1.75. The molecule has 3 rings (SSSR count). The lowest BCUT2D eigenvalue weighted by Gasteiger charge is -2.23. The number of anilines is 2. The maximum absolute atomic E-state index is 13.2. The molecule has 0 atom stereocenters. The standard InChI is InChI=1S/C30H41N5O2/c1-8-9-18-34(29(37)31-24-14-12-23(13-15-24)21(2)3)20-28(36)32-27-19-26(30(5,6)7)33-35(27)25-16-10-22(4)11-17-25/h10-17,19,21H,8-9,18,20H2,1-7H3,(H,31,37)(H,32,36). The van der Waals surface area contributed by atoms with Crippen LogP contribution >= 0.6 is 0 Å². The predicted octanol–water partition coefficient (Wildman–Crippen LogP) is 6.87. The lowest BCUT2D eigenvalue weighted by atomic mass is 9.92. The molecule has 0 radical (unpaired) electrons. The Bertz CT molecular complexity index is 1190. The largest absolute Gasteiger partial charge is 0.322 e. The second-order valence-electron chi connectivity index (χ2n) is 10.9. The Balaban J connectivity index is 1.77. The summed E-state index contributed by atoms with van der Waals surface area (Å²) in [7, 11) is 0. The molecule has 0 fully saturated rings. The molecule has 0 bridgehead atoms. The van der Waals surface area contributed by atoms with Gasteiger partial charge >= 0.3 is 6.03 Å². The van der Waals surface area contributed by atoms with E-state index in [4.69, 9.17) is 5.10 Å². The van der Waals surface area contributed by atoms with Gasteiger partial charge in [-0.15, -0.1) is 0 Å². The van der Waals surface area contributed by atoms with Crippen LogP contribution in [0.5, 0.6) is 0 Å². The summed E-state index contributed by atoms with van der Waals surface area (Å²) in [6.45, 7) is 15.1. The average molecular weight is 504 g/mol. The molecule has 1 heterocycles. The van der Waals surface area contributed by atoms with Crippen LogP contribution in [0.15, 0.2) is 54.6 Å². The fourth-order valence-electron chi connectivity index (χ4n) is 3.83. The van der Waals surface area contributed by atoms with Crippen LogP contribution in [0.4, 0.5) is 16.3 Å². The Morgan fingerprint density at radius 1 is 1.00 bits per heavy atom. The molecule has 3 aromatic rings. The molecule has 3 amide bonds. The highest BCUT2D eigenvalue weighted by atomic mass is 16.2. The number of aromatic nitrogens is 2. The summed E-state index contributed by atoms with van der Waals surface area (Å²) in [5, 5.41) is 10.7. The molecule has 2 aromatic carbocycles. The lowest BCUT2D eigenvalue weighted by Crippen LogP contribution is -2.41. The van der Waals surface area contributed by atoms with E-state index in [1.807, 2.05) is 61.5 Å². The number of rotatable bonds is 9. The van der Waals surface area contributed by atoms with Gasteiger partial charge < -0.3 is 15.5 Å². The Morgan fingerprint density at radius 3 is 2.22 bits per heavy atom. The molecule has 0 saturated heterocycles. The third kappa shape index (κ3) is 7.68. The number of benzene rings is 2. The SMILES string of the molecule is CCCCN(CC(=O)Nc1cc(C(C)(C)C)nn1-c1ccc(C)cc1)C(=O)Nc1ccc(C(C)C)cc1. The summed E-state index contributed by atoms with van der Waals surface area (Å²) in [5.74, 6) is 0.732. The first-order valence-corrected chi connectivity index (χ1v) is 13.1. The van der Waals surface area contributed by atoms with E-state index >= 15 is 0 Å². The number of unbranched alkanes of at least 4 members (excludes halogenated alkanes) is 1. The molecule has 0 saturated carbocycles. The molecule has 0 aliphatic heterocycles. The van der Waals surface area contributed by atoms with Crippen LogP contribution in [-0.4, -0.2) is 39.7 Å². The van der Waals surface area contributed by atoms with Crippen LogP contribution in [0.1, 0.15) is 77.1 Å². The van der Waals surface area contributed by atoms with Crippen LogP contribution in [0.3, 0.4) is 0 Å². The first-order chi connectivity index (χ1) is 17.5. The van der Waals surface area contributed by atoms with Crippen LogP contribution in [-0.2, 0) is 10.2 Å². The van der Waals surface area contributed by atoms with Gasteiger partial charge in [-0.1, -0.05) is 77.8 Å². The monoisotopic (exact) mass is 503 g/mol. The minimum Gasteiger partial charge on any atom is -0.315 e. The maximum Gasteiger partial charge on any atom is 0.322 e. The number of hydrogen-bond acceptors (Lipinski definition) is 3. The molecule has 198 valence electrons. The molecule has 37 heavy (non-hydrogen) atoms. The fourth-order valence-corrected chi connectivity index (χ4v) is 3.83. The second-order valence-corrected chi connectivity index (χ2v) is 10.9. The van der Waals surface area contributed by atoms with E-state index < -0.39 is 0 Å². The second kappa shape index (κ2) is 12.1. The van der Waals surface area contributed by atoms with Crippen LogP contribution in [0.2, 0.25) is 0 Å². The zero-order chi connectivity index (χ0) is 27.2. The lowest BCUT2D eigenvalue weighted by molar-refractivity contribution is -0.116. The minimum atomic E-state index is -0.289. The number of carbonyl (C=O) groups excluding carboxylic acids is 2. The van der Waals surface area contributed by atoms with Crippen molar-refractivity contribution < 1.29 is 9.59 Å². The molecular formula is C30H41N5O2. The van der Waals surface area contributed by atoms with Crippen molar-refractivity contribution in [1.29, 1.82) is 0 Å². The van der Waals surface area contributed by atoms with E-state index in [1.165, 1.54) is 5.56 Å². The van der Waals surface area contributed by atoms with E-state index in [-0.39, 0.29) is 23.9 Å². The molecule has 1 aromatic heterocycles. The van der Waals surface area contributed by atoms with Crippen molar-refractivity contribution in [1.82, 2.24) is 14.7 Å². The van der Waals surface area contributed by atoms with Crippen LogP contribution in [0.25, 0.3) is 5.69 Å². The van der Waals surface area contributed by atoms with E-state index in [2.05, 4.69) is 52.2 Å². The van der Waals surface area contributed by atoms with Crippen molar-refractivity contribution in [3.05, 3.63) is 71.4 Å². The number of nitrogens with one attached hydrogen (secondary N) is 2. The van der Waals surface area contributed by atoms with Gasteiger partial charge in [-0.2, -0.15) is 5.10 Å². The summed E-state index contributed by atoms with van der Waals surface area (Å²) in [6, 6.07) is 17.5. The average Bonchev–Trinajstić information content (AvgIpc) is 3.26. The Labute approximate surface area is 221 Å². The maximum atomic E-state index is 13.2. The highest BCUT2D eigenvalue weighted by Crippen LogP contribution is 2.26. The summed E-state index contributed by atoms with van der Waals surface area (Å²) in [4.78, 5) is 27.8. The Kier molecular flexibility index (Phi) is 9.14.